The molecule has 0 fully saturated rings. The Kier molecular flexibility index (Phi) is 3.93. The zero-order valence-corrected chi connectivity index (χ0v) is 10.6. The van der Waals surface area contributed by atoms with Gasteiger partial charge in [-0.05, 0) is 41.4 Å². The maximum atomic E-state index is 5.77. The Balaban J connectivity index is 1.90. The van der Waals surface area contributed by atoms with Gasteiger partial charge in [-0.3, -0.25) is 4.98 Å². The molecule has 0 amide bonds. The van der Waals surface area contributed by atoms with Crippen LogP contribution in [0.5, 0.6) is 0 Å². The second-order valence-corrected chi connectivity index (χ2v) is 4.84. The van der Waals surface area contributed by atoms with Crippen molar-refractivity contribution in [2.24, 2.45) is 0 Å². The minimum Gasteiger partial charge on any atom is -0.305 e. The molecule has 16 heavy (non-hydrogen) atoms. The molecule has 0 aliphatic heterocycles. The van der Waals surface area contributed by atoms with Gasteiger partial charge in [0.25, 0.3) is 0 Å². The first-order valence-electron chi connectivity index (χ1n) is 5.11. The van der Waals surface area contributed by atoms with Gasteiger partial charge in [0.15, 0.2) is 0 Å². The molecular formula is C12H13ClN2S. The fourth-order valence-electron chi connectivity index (χ4n) is 1.41. The van der Waals surface area contributed by atoms with Crippen LogP contribution in [0.15, 0.2) is 35.2 Å². The van der Waals surface area contributed by atoms with E-state index in [0.29, 0.717) is 11.1 Å². The molecule has 2 aromatic rings. The Bertz CT molecular complexity index is 425. The molecule has 0 aliphatic rings. The molecule has 4 heteroatoms. The van der Waals surface area contributed by atoms with Crippen LogP contribution < -0.4 is 5.32 Å². The Morgan fingerprint density at radius 2 is 2.31 bits per heavy atom. The lowest BCUT2D eigenvalue weighted by molar-refractivity contribution is 0.569. The second-order valence-electron chi connectivity index (χ2n) is 3.63. The van der Waals surface area contributed by atoms with Crippen LogP contribution in [0, 0.1) is 0 Å². The molecule has 1 N–H and O–H groups in total. The van der Waals surface area contributed by atoms with Gasteiger partial charge in [-0.15, -0.1) is 0 Å². The van der Waals surface area contributed by atoms with Crippen LogP contribution in [0.4, 0.5) is 0 Å². The number of thiophene rings is 1. The summed E-state index contributed by atoms with van der Waals surface area (Å²) >= 11 is 7.49. The molecule has 2 heterocycles. The van der Waals surface area contributed by atoms with Gasteiger partial charge < -0.3 is 5.32 Å². The molecule has 84 valence electrons. The lowest BCUT2D eigenvalue weighted by Gasteiger charge is -2.11. The van der Waals surface area contributed by atoms with Gasteiger partial charge in [-0.1, -0.05) is 11.6 Å². The molecule has 2 rings (SSSR count). The summed E-state index contributed by atoms with van der Waals surface area (Å²) in [6.45, 7) is 2.91. The third-order valence-electron chi connectivity index (χ3n) is 2.42. The monoisotopic (exact) mass is 252 g/mol. The van der Waals surface area contributed by atoms with E-state index in [1.165, 1.54) is 5.56 Å². The van der Waals surface area contributed by atoms with Crippen molar-refractivity contribution in [3.8, 4) is 0 Å². The summed E-state index contributed by atoms with van der Waals surface area (Å²) in [6, 6.07) is 6.29. The fraction of sp³-hybridized carbons (Fsp3) is 0.250. The molecule has 0 aromatic carbocycles. The minimum absolute atomic E-state index is 0.351. The SMILES string of the molecule is CC(NCc1ccc(Cl)cn1)c1ccsc1. The number of nitrogens with one attached hydrogen (secondary N) is 1. The van der Waals surface area contributed by atoms with E-state index in [9.17, 15) is 0 Å². The maximum absolute atomic E-state index is 5.77. The summed E-state index contributed by atoms with van der Waals surface area (Å²) in [6.07, 6.45) is 1.67. The van der Waals surface area contributed by atoms with Gasteiger partial charge in [0.05, 0.1) is 10.7 Å². The zero-order chi connectivity index (χ0) is 11.4. The standard InChI is InChI=1S/C12H13ClN2S/c1-9(10-4-5-16-8-10)14-7-12-3-2-11(13)6-15-12/h2-6,8-9,14H,7H2,1H3. The van der Waals surface area contributed by atoms with Gasteiger partial charge in [0.2, 0.25) is 0 Å². The molecule has 0 bridgehead atoms. The van der Waals surface area contributed by atoms with Crippen LogP contribution in [-0.2, 0) is 6.54 Å². The highest BCUT2D eigenvalue weighted by Gasteiger charge is 2.04. The Labute approximate surface area is 104 Å². The number of rotatable bonds is 4. The smallest absolute Gasteiger partial charge is 0.0589 e. The number of halogens is 1. The Morgan fingerprint density at radius 3 is 2.94 bits per heavy atom. The summed E-state index contributed by atoms with van der Waals surface area (Å²) < 4.78 is 0. The number of nitrogens with zero attached hydrogens (tertiary/aromatic N) is 1. The molecule has 0 saturated heterocycles. The molecule has 1 atom stereocenters. The fourth-order valence-corrected chi connectivity index (χ4v) is 2.27. The predicted molar refractivity (Wildman–Crippen MR) is 68.8 cm³/mol. The molecule has 0 saturated carbocycles. The van der Waals surface area contributed by atoms with E-state index < -0.39 is 0 Å². The topological polar surface area (TPSA) is 24.9 Å². The summed E-state index contributed by atoms with van der Waals surface area (Å²) in [5, 5.41) is 8.35. The van der Waals surface area contributed by atoms with Crippen molar-refractivity contribution >= 4 is 22.9 Å². The van der Waals surface area contributed by atoms with E-state index in [0.717, 1.165) is 12.2 Å². The van der Waals surface area contributed by atoms with Gasteiger partial charge in [0, 0.05) is 18.8 Å². The van der Waals surface area contributed by atoms with Crippen LogP contribution in [0.2, 0.25) is 5.02 Å². The van der Waals surface area contributed by atoms with Gasteiger partial charge in [0.1, 0.15) is 0 Å². The molecular weight excluding hydrogens is 240 g/mol. The number of hydrogen-bond donors (Lipinski definition) is 1. The molecule has 0 radical (unpaired) electrons. The molecule has 2 nitrogen and oxygen atoms in total. The van der Waals surface area contributed by atoms with E-state index in [1.807, 2.05) is 12.1 Å². The maximum Gasteiger partial charge on any atom is 0.0589 e. The predicted octanol–water partition coefficient (Wildman–Crippen LogP) is 3.65. The van der Waals surface area contributed by atoms with Crippen molar-refractivity contribution in [1.82, 2.24) is 10.3 Å². The van der Waals surface area contributed by atoms with Gasteiger partial charge in [-0.25, -0.2) is 0 Å². The van der Waals surface area contributed by atoms with Gasteiger partial charge >= 0.3 is 0 Å². The quantitative estimate of drug-likeness (QED) is 0.899. The van der Waals surface area contributed by atoms with Crippen molar-refractivity contribution in [1.29, 1.82) is 0 Å². The Morgan fingerprint density at radius 1 is 1.44 bits per heavy atom. The van der Waals surface area contributed by atoms with Crippen LogP contribution in [0.3, 0.4) is 0 Å². The third-order valence-corrected chi connectivity index (χ3v) is 3.35. The average Bonchev–Trinajstić information content (AvgIpc) is 2.81. The van der Waals surface area contributed by atoms with Crippen LogP contribution in [0.25, 0.3) is 0 Å². The van der Waals surface area contributed by atoms with E-state index in [2.05, 4.69) is 34.1 Å². The zero-order valence-electron chi connectivity index (χ0n) is 8.98. The number of aromatic nitrogens is 1. The van der Waals surface area contributed by atoms with Crippen LogP contribution in [-0.4, -0.2) is 4.98 Å². The molecule has 0 spiro atoms. The first-order valence-corrected chi connectivity index (χ1v) is 6.43. The molecule has 0 aliphatic carbocycles. The van der Waals surface area contributed by atoms with E-state index in [1.54, 1.807) is 17.5 Å². The summed E-state index contributed by atoms with van der Waals surface area (Å²) in [4.78, 5) is 4.24. The first-order chi connectivity index (χ1) is 7.75. The highest BCUT2D eigenvalue weighted by atomic mass is 35.5. The van der Waals surface area contributed by atoms with Crippen molar-refractivity contribution in [3.63, 3.8) is 0 Å². The van der Waals surface area contributed by atoms with Crippen molar-refractivity contribution < 1.29 is 0 Å². The molecule has 2 aromatic heterocycles. The summed E-state index contributed by atoms with van der Waals surface area (Å²) in [7, 11) is 0. The van der Waals surface area contributed by atoms with E-state index >= 15 is 0 Å². The molecule has 1 unspecified atom stereocenters. The van der Waals surface area contributed by atoms with Crippen molar-refractivity contribution in [3.05, 3.63) is 51.4 Å². The second kappa shape index (κ2) is 5.43. The van der Waals surface area contributed by atoms with Crippen LogP contribution >= 0.6 is 22.9 Å². The van der Waals surface area contributed by atoms with Crippen molar-refractivity contribution in [2.75, 3.05) is 0 Å². The first kappa shape index (κ1) is 11.6. The normalized spacial score (nSPS) is 12.6. The highest BCUT2D eigenvalue weighted by molar-refractivity contribution is 7.07. The number of hydrogen-bond acceptors (Lipinski definition) is 3. The number of pyridine rings is 1. The van der Waals surface area contributed by atoms with E-state index in [4.69, 9.17) is 11.6 Å². The van der Waals surface area contributed by atoms with Crippen molar-refractivity contribution in [2.45, 2.75) is 19.5 Å². The van der Waals surface area contributed by atoms with Crippen LogP contribution in [0.1, 0.15) is 24.2 Å². The highest BCUT2D eigenvalue weighted by Crippen LogP contribution is 2.16. The average molecular weight is 253 g/mol. The summed E-state index contributed by atoms with van der Waals surface area (Å²) in [5.41, 5.74) is 2.32. The minimum atomic E-state index is 0.351. The Hall–Kier alpha value is -0.900. The van der Waals surface area contributed by atoms with Gasteiger partial charge in [-0.2, -0.15) is 11.3 Å². The third kappa shape index (κ3) is 3.04. The largest absolute Gasteiger partial charge is 0.305 e. The summed E-state index contributed by atoms with van der Waals surface area (Å²) in [5.74, 6) is 0. The lowest BCUT2D eigenvalue weighted by atomic mass is 10.2. The van der Waals surface area contributed by atoms with E-state index in [-0.39, 0.29) is 0 Å². The lowest BCUT2D eigenvalue weighted by Crippen LogP contribution is -2.18.